The number of hydrogen-bond acceptors (Lipinski definition) is 3. The predicted octanol–water partition coefficient (Wildman–Crippen LogP) is 3.01. The lowest BCUT2D eigenvalue weighted by Gasteiger charge is -2.19. The van der Waals surface area contributed by atoms with Crippen molar-refractivity contribution in [1.29, 1.82) is 0 Å². The van der Waals surface area contributed by atoms with Crippen LogP contribution in [0.3, 0.4) is 0 Å². The molecule has 0 atom stereocenters. The molecule has 1 aliphatic carbocycles. The highest BCUT2D eigenvalue weighted by atomic mass is 28.4. The predicted molar refractivity (Wildman–Crippen MR) is 66.5 cm³/mol. The zero-order chi connectivity index (χ0) is 12.2. The smallest absolute Gasteiger partial charge is 0.241 e. The van der Waals surface area contributed by atoms with Crippen molar-refractivity contribution in [1.82, 2.24) is 0 Å². The topological polar surface area (TPSA) is 35.5 Å². The molecule has 0 aromatic rings. The van der Waals surface area contributed by atoms with Gasteiger partial charge >= 0.3 is 0 Å². The second-order valence-electron chi connectivity index (χ2n) is 4.78. The SMILES string of the molecule is CCOC1=CC(=O)C(=CO[Si](C)(C)C)CC1. The summed E-state index contributed by atoms with van der Waals surface area (Å²) in [5, 5.41) is 0. The van der Waals surface area contributed by atoms with Crippen LogP contribution in [0, 0.1) is 0 Å². The molecule has 90 valence electrons. The minimum Gasteiger partial charge on any atom is -0.549 e. The molecule has 16 heavy (non-hydrogen) atoms. The highest BCUT2D eigenvalue weighted by Crippen LogP contribution is 2.21. The number of rotatable bonds is 4. The molecule has 0 fully saturated rings. The lowest BCUT2D eigenvalue weighted by atomic mass is 10.00. The van der Waals surface area contributed by atoms with Crippen LogP contribution in [0.1, 0.15) is 19.8 Å². The van der Waals surface area contributed by atoms with Gasteiger partial charge in [0, 0.05) is 18.1 Å². The Morgan fingerprint density at radius 3 is 2.56 bits per heavy atom. The van der Waals surface area contributed by atoms with Crippen molar-refractivity contribution in [3.63, 3.8) is 0 Å². The normalized spacial score (nSPS) is 19.6. The third-order valence-corrected chi connectivity index (χ3v) is 2.96. The van der Waals surface area contributed by atoms with Crippen LogP contribution >= 0.6 is 0 Å². The van der Waals surface area contributed by atoms with Gasteiger partial charge in [0.05, 0.1) is 12.9 Å². The van der Waals surface area contributed by atoms with Crippen molar-refractivity contribution in [2.24, 2.45) is 0 Å². The van der Waals surface area contributed by atoms with E-state index >= 15 is 0 Å². The van der Waals surface area contributed by atoms with Gasteiger partial charge in [-0.2, -0.15) is 0 Å². The number of ether oxygens (including phenoxy) is 1. The van der Waals surface area contributed by atoms with E-state index in [9.17, 15) is 4.79 Å². The van der Waals surface area contributed by atoms with E-state index in [1.54, 1.807) is 12.3 Å². The van der Waals surface area contributed by atoms with Crippen LogP contribution in [0.5, 0.6) is 0 Å². The summed E-state index contributed by atoms with van der Waals surface area (Å²) in [4.78, 5) is 11.7. The average Bonchev–Trinajstić information content (AvgIpc) is 2.15. The molecule has 0 aromatic heterocycles. The fourth-order valence-electron chi connectivity index (χ4n) is 1.36. The summed E-state index contributed by atoms with van der Waals surface area (Å²) < 4.78 is 10.9. The first-order valence-electron chi connectivity index (χ1n) is 5.67. The van der Waals surface area contributed by atoms with Crippen molar-refractivity contribution >= 4 is 14.1 Å². The maximum absolute atomic E-state index is 11.7. The summed E-state index contributed by atoms with van der Waals surface area (Å²) in [5.41, 5.74) is 0.755. The number of carbonyl (C=O) groups is 1. The van der Waals surface area contributed by atoms with E-state index < -0.39 is 8.32 Å². The van der Waals surface area contributed by atoms with Crippen molar-refractivity contribution in [3.8, 4) is 0 Å². The lowest BCUT2D eigenvalue weighted by molar-refractivity contribution is -0.112. The maximum Gasteiger partial charge on any atom is 0.241 e. The maximum atomic E-state index is 11.7. The zero-order valence-corrected chi connectivity index (χ0v) is 11.5. The molecule has 0 heterocycles. The molecular formula is C12H20O3Si. The minimum atomic E-state index is -1.58. The minimum absolute atomic E-state index is 0.0213. The Kier molecular flexibility index (Phi) is 4.35. The monoisotopic (exact) mass is 240 g/mol. The van der Waals surface area contributed by atoms with Crippen LogP contribution in [-0.4, -0.2) is 20.7 Å². The van der Waals surface area contributed by atoms with Crippen LogP contribution < -0.4 is 0 Å². The van der Waals surface area contributed by atoms with Crippen molar-refractivity contribution < 1.29 is 14.0 Å². The third-order valence-electron chi connectivity index (χ3n) is 2.13. The number of allylic oxidation sites excluding steroid dienone is 3. The summed E-state index contributed by atoms with van der Waals surface area (Å²) in [6.45, 7) is 8.82. The molecule has 0 aromatic carbocycles. The number of hydrogen-bond donors (Lipinski definition) is 0. The first kappa shape index (κ1) is 13.0. The zero-order valence-electron chi connectivity index (χ0n) is 10.5. The highest BCUT2D eigenvalue weighted by Gasteiger charge is 2.19. The Bertz CT molecular complexity index is 324. The van der Waals surface area contributed by atoms with E-state index in [2.05, 4.69) is 19.6 Å². The molecule has 0 aliphatic heterocycles. The van der Waals surface area contributed by atoms with E-state index in [1.165, 1.54) is 0 Å². The van der Waals surface area contributed by atoms with Gasteiger partial charge in [0.25, 0.3) is 0 Å². The van der Waals surface area contributed by atoms with Crippen molar-refractivity contribution in [3.05, 3.63) is 23.7 Å². The summed E-state index contributed by atoms with van der Waals surface area (Å²) in [6.07, 6.45) is 4.73. The van der Waals surface area contributed by atoms with Crippen LogP contribution in [0.15, 0.2) is 23.7 Å². The van der Waals surface area contributed by atoms with E-state index in [-0.39, 0.29) is 5.78 Å². The molecule has 0 N–H and O–H groups in total. The Labute approximate surface area is 98.3 Å². The number of ketones is 1. The van der Waals surface area contributed by atoms with Gasteiger partial charge in [-0.3, -0.25) is 4.79 Å². The highest BCUT2D eigenvalue weighted by molar-refractivity contribution is 6.69. The van der Waals surface area contributed by atoms with Gasteiger partial charge in [0.1, 0.15) is 5.76 Å². The van der Waals surface area contributed by atoms with Crippen LogP contribution in [0.2, 0.25) is 19.6 Å². The lowest BCUT2D eigenvalue weighted by Crippen LogP contribution is -2.23. The summed E-state index contributed by atoms with van der Waals surface area (Å²) in [7, 11) is -1.58. The van der Waals surface area contributed by atoms with Crippen LogP contribution in [-0.2, 0) is 14.0 Å². The van der Waals surface area contributed by atoms with Gasteiger partial charge in [-0.25, -0.2) is 0 Å². The van der Waals surface area contributed by atoms with Crippen molar-refractivity contribution in [2.75, 3.05) is 6.61 Å². The molecule has 4 heteroatoms. The molecule has 0 saturated heterocycles. The van der Waals surface area contributed by atoms with Gasteiger partial charge in [-0.05, 0) is 33.0 Å². The van der Waals surface area contributed by atoms with Gasteiger partial charge in [0.2, 0.25) is 8.32 Å². The molecule has 1 aliphatic rings. The molecule has 1 rings (SSSR count). The molecule has 0 bridgehead atoms. The first-order valence-corrected chi connectivity index (χ1v) is 9.08. The quantitative estimate of drug-likeness (QED) is 0.430. The molecule has 0 radical (unpaired) electrons. The van der Waals surface area contributed by atoms with E-state index in [4.69, 9.17) is 9.16 Å². The Hall–Kier alpha value is -1.03. The van der Waals surface area contributed by atoms with Gasteiger partial charge in [-0.1, -0.05) is 0 Å². The standard InChI is InChI=1S/C12H20O3Si/c1-5-14-11-7-6-10(12(13)8-11)9-15-16(2,3)4/h8-9H,5-7H2,1-4H3. The van der Waals surface area contributed by atoms with Crippen molar-refractivity contribution in [2.45, 2.75) is 39.4 Å². The Morgan fingerprint density at radius 2 is 2.06 bits per heavy atom. The summed E-state index contributed by atoms with van der Waals surface area (Å²) in [5.74, 6) is 0.811. The molecule has 0 amide bonds. The molecule has 3 nitrogen and oxygen atoms in total. The van der Waals surface area contributed by atoms with Crippen LogP contribution in [0.4, 0.5) is 0 Å². The van der Waals surface area contributed by atoms with Gasteiger partial charge < -0.3 is 9.16 Å². The summed E-state index contributed by atoms with van der Waals surface area (Å²) >= 11 is 0. The molecule has 0 unspecified atom stereocenters. The second-order valence-corrected chi connectivity index (χ2v) is 9.24. The molecule has 0 saturated carbocycles. The first-order chi connectivity index (χ1) is 7.42. The largest absolute Gasteiger partial charge is 0.549 e. The van der Waals surface area contributed by atoms with Gasteiger partial charge in [0.15, 0.2) is 5.78 Å². The third kappa shape index (κ3) is 4.22. The van der Waals surface area contributed by atoms with Crippen LogP contribution in [0.25, 0.3) is 0 Å². The Morgan fingerprint density at radius 1 is 1.38 bits per heavy atom. The molecular weight excluding hydrogens is 220 g/mol. The van der Waals surface area contributed by atoms with Gasteiger partial charge in [-0.15, -0.1) is 0 Å². The fraction of sp³-hybridized carbons (Fsp3) is 0.583. The molecule has 0 spiro atoms. The summed E-state index contributed by atoms with van der Waals surface area (Å²) in [6, 6.07) is 0. The number of carbonyl (C=O) groups excluding carboxylic acids is 1. The fourth-order valence-corrected chi connectivity index (χ4v) is 1.85. The van der Waals surface area contributed by atoms with E-state index in [0.717, 1.165) is 24.2 Å². The average molecular weight is 240 g/mol. The Balaban J connectivity index is 2.64. The van der Waals surface area contributed by atoms with E-state index in [1.807, 2.05) is 6.92 Å². The van der Waals surface area contributed by atoms with E-state index in [0.29, 0.717) is 6.61 Å². The second kappa shape index (κ2) is 5.34.